The molecule has 1 rings (SSSR count). The smallest absolute Gasteiger partial charge is 0.274 e. The van der Waals surface area contributed by atoms with Gasteiger partial charge in [-0.3, -0.25) is 10.1 Å². The molecule has 0 radical (unpaired) electrons. The van der Waals surface area contributed by atoms with E-state index in [9.17, 15) is 10.1 Å². The van der Waals surface area contributed by atoms with Crippen molar-refractivity contribution in [1.29, 1.82) is 0 Å². The molecule has 4 nitrogen and oxygen atoms in total. The topological polar surface area (TPSA) is 69.2 Å². The maximum atomic E-state index is 10.7. The zero-order valence-electron chi connectivity index (χ0n) is 9.05. The van der Waals surface area contributed by atoms with Crippen LogP contribution >= 0.6 is 12.4 Å². The molecule has 1 aromatic rings. The first-order valence-corrected chi connectivity index (χ1v) is 4.65. The van der Waals surface area contributed by atoms with Crippen molar-refractivity contribution >= 4 is 18.1 Å². The number of para-hydroxylation sites is 1. The second kappa shape index (κ2) is 6.25. The highest BCUT2D eigenvalue weighted by Crippen LogP contribution is 2.26. The van der Waals surface area contributed by atoms with E-state index >= 15 is 0 Å². The van der Waals surface area contributed by atoms with Gasteiger partial charge in [0.15, 0.2) is 0 Å². The Morgan fingerprint density at radius 3 is 2.62 bits per heavy atom. The first-order valence-electron chi connectivity index (χ1n) is 4.65. The van der Waals surface area contributed by atoms with E-state index in [4.69, 9.17) is 5.73 Å². The van der Waals surface area contributed by atoms with Crippen LogP contribution in [-0.4, -0.2) is 4.92 Å². The van der Waals surface area contributed by atoms with E-state index in [1.165, 1.54) is 6.07 Å². The summed E-state index contributed by atoms with van der Waals surface area (Å²) < 4.78 is 0. The molecule has 0 heterocycles. The summed E-state index contributed by atoms with van der Waals surface area (Å²) >= 11 is 0. The predicted octanol–water partition coefficient (Wildman–Crippen LogP) is 2.98. The van der Waals surface area contributed by atoms with E-state index in [2.05, 4.69) is 6.58 Å². The van der Waals surface area contributed by atoms with Gasteiger partial charge in [0.05, 0.1) is 4.92 Å². The fourth-order valence-electron chi connectivity index (χ4n) is 1.45. The summed E-state index contributed by atoms with van der Waals surface area (Å²) in [5.41, 5.74) is 7.42. The van der Waals surface area contributed by atoms with Crippen molar-refractivity contribution in [3.05, 3.63) is 52.1 Å². The van der Waals surface area contributed by atoms with Gasteiger partial charge in [-0.25, -0.2) is 0 Å². The van der Waals surface area contributed by atoms with Crippen molar-refractivity contribution in [3.8, 4) is 0 Å². The van der Waals surface area contributed by atoms with E-state index in [-0.39, 0.29) is 24.1 Å². The summed E-state index contributed by atoms with van der Waals surface area (Å²) in [6.45, 7) is 5.60. The van der Waals surface area contributed by atoms with Gasteiger partial charge in [0.1, 0.15) is 0 Å². The van der Waals surface area contributed by atoms with Crippen molar-refractivity contribution in [2.45, 2.75) is 19.4 Å². The summed E-state index contributed by atoms with van der Waals surface area (Å²) in [5.74, 6) is 0. The number of nitrogens with two attached hydrogens (primary N) is 1. The Bertz CT molecular complexity index is 393. The highest BCUT2D eigenvalue weighted by atomic mass is 35.5. The van der Waals surface area contributed by atoms with Gasteiger partial charge in [-0.15, -0.1) is 19.0 Å². The van der Waals surface area contributed by atoms with Crippen LogP contribution in [0.15, 0.2) is 36.4 Å². The molecule has 0 aromatic heterocycles. The van der Waals surface area contributed by atoms with E-state index in [0.717, 1.165) is 5.57 Å². The third-order valence-electron chi connectivity index (χ3n) is 2.10. The molecule has 0 amide bonds. The Hall–Kier alpha value is -1.39. The molecule has 0 bridgehead atoms. The number of halogens is 1. The van der Waals surface area contributed by atoms with E-state index in [1.807, 2.05) is 6.92 Å². The standard InChI is InChI=1S/C11H14N2O2.ClH/c1-8(2)7-10(12)9-5-3-4-6-11(9)13(14)15;/h3-6,10H,1,7,12H2,2H3;1H/t10-;/m1./s1. The lowest BCUT2D eigenvalue weighted by Crippen LogP contribution is -2.12. The molecule has 0 aliphatic heterocycles. The van der Waals surface area contributed by atoms with Crippen LogP contribution in [0.25, 0.3) is 0 Å². The average molecular weight is 243 g/mol. The van der Waals surface area contributed by atoms with Gasteiger partial charge >= 0.3 is 0 Å². The van der Waals surface area contributed by atoms with Crippen LogP contribution in [-0.2, 0) is 0 Å². The Morgan fingerprint density at radius 2 is 2.12 bits per heavy atom. The van der Waals surface area contributed by atoms with Crippen LogP contribution < -0.4 is 5.73 Å². The van der Waals surface area contributed by atoms with Crippen LogP contribution in [0.1, 0.15) is 24.9 Å². The fraction of sp³-hybridized carbons (Fsp3) is 0.273. The molecular formula is C11H15ClN2O2. The molecule has 2 N–H and O–H groups in total. The van der Waals surface area contributed by atoms with E-state index in [1.54, 1.807) is 18.2 Å². The number of rotatable bonds is 4. The molecule has 0 aliphatic rings. The first kappa shape index (κ1) is 14.6. The fourth-order valence-corrected chi connectivity index (χ4v) is 1.45. The van der Waals surface area contributed by atoms with E-state index < -0.39 is 4.92 Å². The maximum absolute atomic E-state index is 10.7. The molecule has 0 unspecified atom stereocenters. The first-order chi connectivity index (χ1) is 7.02. The summed E-state index contributed by atoms with van der Waals surface area (Å²) in [4.78, 5) is 10.3. The predicted molar refractivity (Wildman–Crippen MR) is 66.7 cm³/mol. The Kier molecular flexibility index (Phi) is 5.71. The van der Waals surface area contributed by atoms with Gasteiger partial charge in [0.25, 0.3) is 5.69 Å². The highest BCUT2D eigenvalue weighted by molar-refractivity contribution is 5.85. The molecule has 88 valence electrons. The summed E-state index contributed by atoms with van der Waals surface area (Å²) in [6.07, 6.45) is 0.560. The minimum atomic E-state index is -0.409. The van der Waals surface area contributed by atoms with Crippen molar-refractivity contribution in [2.24, 2.45) is 5.73 Å². The average Bonchev–Trinajstić information content (AvgIpc) is 2.16. The Morgan fingerprint density at radius 1 is 1.56 bits per heavy atom. The third kappa shape index (κ3) is 3.64. The van der Waals surface area contributed by atoms with Crippen molar-refractivity contribution in [3.63, 3.8) is 0 Å². The number of nitro groups is 1. The zero-order chi connectivity index (χ0) is 11.4. The van der Waals surface area contributed by atoms with Crippen molar-refractivity contribution in [2.75, 3.05) is 0 Å². The second-order valence-electron chi connectivity index (χ2n) is 3.58. The normalized spacial score (nSPS) is 11.4. The molecule has 0 saturated carbocycles. The van der Waals surface area contributed by atoms with Gasteiger partial charge in [0, 0.05) is 17.7 Å². The van der Waals surface area contributed by atoms with Gasteiger partial charge in [-0.2, -0.15) is 0 Å². The molecule has 0 aliphatic carbocycles. The van der Waals surface area contributed by atoms with Crippen molar-refractivity contribution < 1.29 is 4.92 Å². The highest BCUT2D eigenvalue weighted by Gasteiger charge is 2.17. The minimum Gasteiger partial charge on any atom is -0.323 e. The Balaban J connectivity index is 0.00000225. The lowest BCUT2D eigenvalue weighted by molar-refractivity contribution is -0.385. The van der Waals surface area contributed by atoms with Crippen LogP contribution in [0, 0.1) is 10.1 Å². The SMILES string of the molecule is C=C(C)C[C@@H](N)c1ccccc1[N+](=O)[O-].Cl. The number of hydrogen-bond acceptors (Lipinski definition) is 3. The Labute approximate surface area is 101 Å². The largest absolute Gasteiger partial charge is 0.323 e. The number of nitrogens with zero attached hydrogens (tertiary/aromatic N) is 1. The lowest BCUT2D eigenvalue weighted by atomic mass is 10.00. The third-order valence-corrected chi connectivity index (χ3v) is 2.10. The molecule has 1 aromatic carbocycles. The number of nitro benzene ring substituents is 1. The summed E-state index contributed by atoms with van der Waals surface area (Å²) in [5, 5.41) is 10.7. The molecular weight excluding hydrogens is 228 g/mol. The molecule has 0 saturated heterocycles. The second-order valence-corrected chi connectivity index (χ2v) is 3.58. The maximum Gasteiger partial charge on any atom is 0.274 e. The summed E-state index contributed by atoms with van der Waals surface area (Å²) in [6, 6.07) is 6.18. The molecule has 5 heteroatoms. The molecule has 0 spiro atoms. The molecule has 0 fully saturated rings. The van der Waals surface area contributed by atoms with E-state index in [0.29, 0.717) is 12.0 Å². The van der Waals surface area contributed by atoms with Crippen LogP contribution in [0.3, 0.4) is 0 Å². The molecule has 1 atom stereocenters. The van der Waals surface area contributed by atoms with Gasteiger partial charge in [-0.05, 0) is 13.3 Å². The van der Waals surface area contributed by atoms with Crippen LogP contribution in [0.5, 0.6) is 0 Å². The van der Waals surface area contributed by atoms with Crippen LogP contribution in [0.4, 0.5) is 5.69 Å². The number of benzene rings is 1. The van der Waals surface area contributed by atoms with Gasteiger partial charge in [0.2, 0.25) is 0 Å². The molecule has 16 heavy (non-hydrogen) atoms. The summed E-state index contributed by atoms with van der Waals surface area (Å²) in [7, 11) is 0. The lowest BCUT2D eigenvalue weighted by Gasteiger charge is -2.11. The number of hydrogen-bond donors (Lipinski definition) is 1. The van der Waals surface area contributed by atoms with Crippen molar-refractivity contribution in [1.82, 2.24) is 0 Å². The van der Waals surface area contributed by atoms with Gasteiger partial charge < -0.3 is 5.73 Å². The minimum absolute atomic E-state index is 0. The zero-order valence-corrected chi connectivity index (χ0v) is 9.87. The van der Waals surface area contributed by atoms with Gasteiger partial charge in [-0.1, -0.05) is 23.8 Å². The monoisotopic (exact) mass is 242 g/mol. The van der Waals surface area contributed by atoms with Crippen LogP contribution in [0.2, 0.25) is 0 Å². The quantitative estimate of drug-likeness (QED) is 0.501.